The lowest BCUT2D eigenvalue weighted by molar-refractivity contribution is -0.166. The molecule has 0 saturated heterocycles. The minimum absolute atomic E-state index is 0.0859. The van der Waals surface area contributed by atoms with Crippen molar-refractivity contribution in [3.63, 3.8) is 0 Å². The molecule has 0 spiro atoms. The van der Waals surface area contributed by atoms with Crippen molar-refractivity contribution in [3.8, 4) is 0 Å². The fourth-order valence-electron chi connectivity index (χ4n) is 3.80. The van der Waals surface area contributed by atoms with Gasteiger partial charge in [0.25, 0.3) is 0 Å². The topological polar surface area (TPSA) is 261 Å². The molecule has 0 aromatic heterocycles. The van der Waals surface area contributed by atoms with E-state index in [0.29, 0.717) is 32.1 Å². The molecule has 18 nitrogen and oxygen atoms in total. The predicted octanol–water partition coefficient (Wildman–Crippen LogP) is 3.94. The smallest absolute Gasteiger partial charge is 0.408 e. The molecule has 2 rings (SSSR count). The summed E-state index contributed by atoms with van der Waals surface area (Å²) in [6, 6.07) is 9.37. The molecule has 1 aliphatic rings. The Kier molecular flexibility index (Phi) is 30.4. The van der Waals surface area contributed by atoms with Crippen molar-refractivity contribution < 1.29 is 62.0 Å². The Morgan fingerprint density at radius 2 is 1.57 bits per heavy atom. The first-order valence-electron chi connectivity index (χ1n) is 17.4. The van der Waals surface area contributed by atoms with Crippen LogP contribution < -0.4 is 21.3 Å². The number of carbonyl (C=O) groups excluding carboxylic acids is 5. The molecule has 3 amide bonds. The van der Waals surface area contributed by atoms with E-state index < -0.39 is 39.5 Å². The molecule has 0 radical (unpaired) electrons. The fourth-order valence-corrected chi connectivity index (χ4v) is 5.81. The maximum absolute atomic E-state index is 12.3. The van der Waals surface area contributed by atoms with Crippen LogP contribution in [-0.4, -0.2) is 95.4 Å². The number of nitrogens with one attached hydrogen (secondary N) is 4. The number of benzene rings is 1. The van der Waals surface area contributed by atoms with Crippen LogP contribution in [0.4, 0.5) is 4.79 Å². The van der Waals surface area contributed by atoms with Gasteiger partial charge >= 0.3 is 25.6 Å². The molecule has 54 heavy (non-hydrogen) atoms. The first-order valence-corrected chi connectivity index (χ1v) is 20.3. The van der Waals surface area contributed by atoms with Gasteiger partial charge in [-0.15, -0.1) is 0 Å². The van der Waals surface area contributed by atoms with E-state index in [2.05, 4.69) is 54.0 Å². The second kappa shape index (κ2) is 31.4. The molecule has 4 atom stereocenters. The first kappa shape index (κ1) is 52.2. The molecule has 20 heteroatoms. The van der Waals surface area contributed by atoms with Gasteiger partial charge in [0.1, 0.15) is 6.04 Å². The van der Waals surface area contributed by atoms with Crippen molar-refractivity contribution in [3.05, 3.63) is 48.3 Å². The van der Waals surface area contributed by atoms with Crippen LogP contribution in [0.3, 0.4) is 0 Å². The fraction of sp³-hybridized carbons (Fsp3) is 0.588. The Bertz CT molecular complexity index is 1320. The van der Waals surface area contributed by atoms with Gasteiger partial charge in [0, 0.05) is 44.6 Å². The Morgan fingerprint density at radius 1 is 0.981 bits per heavy atom. The van der Waals surface area contributed by atoms with Crippen molar-refractivity contribution in [2.24, 2.45) is 10.9 Å². The summed E-state index contributed by atoms with van der Waals surface area (Å²) in [5, 5.41) is 10.1. The summed E-state index contributed by atoms with van der Waals surface area (Å²) in [7, 11) is -6.58. The molecule has 1 aromatic carbocycles. The van der Waals surface area contributed by atoms with E-state index in [4.69, 9.17) is 4.74 Å². The van der Waals surface area contributed by atoms with E-state index in [9.17, 15) is 43.2 Å². The van der Waals surface area contributed by atoms with Gasteiger partial charge < -0.3 is 49.4 Å². The number of esters is 2. The highest BCUT2D eigenvalue weighted by Crippen LogP contribution is 2.56. The third-order valence-electron chi connectivity index (χ3n) is 6.42. The standard InChI is InChI=1S/C18H33N5O9P2.C7H12O4.C7H8.C2H6/c1-12(2)9-13(22-15(24)11-21-16(25)14-10-19-6-7-20-14)5-4-8-32-17(26)23-18(33(27)28)34(29,30)31-3;1-3-6(8)10-5-11-7(9)4-2;1-7-5-3-2-4-6-7;1-2/h6-7,10,12-14,18,20,27-28H,4-5,8-9,11H2,1-3H3,(H,21,25)(H,22,24)(H,23,26)(H,29,30);3-5H2,1-2H3;2-6H,1H3;1-2H3. The largest absolute Gasteiger partial charge is 0.450 e. The second-order valence-corrected chi connectivity index (χ2v) is 14.8. The summed E-state index contributed by atoms with van der Waals surface area (Å²) in [5.74, 6) is -1.23. The molecule has 308 valence electrons. The van der Waals surface area contributed by atoms with Gasteiger partial charge in [0.15, 0.2) is 0 Å². The van der Waals surface area contributed by atoms with E-state index in [1.165, 1.54) is 24.2 Å². The number of hydrogen-bond acceptors (Lipinski definition) is 14. The van der Waals surface area contributed by atoms with Crippen LogP contribution in [0.1, 0.15) is 79.2 Å². The predicted molar refractivity (Wildman–Crippen MR) is 205 cm³/mol. The molecular formula is C34H59N5O13P2. The molecule has 0 saturated carbocycles. The Labute approximate surface area is 319 Å². The van der Waals surface area contributed by atoms with Crippen LogP contribution in [0.5, 0.6) is 0 Å². The highest BCUT2D eigenvalue weighted by molar-refractivity contribution is 7.68. The minimum atomic E-state index is -4.48. The average molecular weight is 808 g/mol. The molecular weight excluding hydrogens is 748 g/mol. The van der Waals surface area contributed by atoms with Crippen molar-refractivity contribution in [1.29, 1.82) is 0 Å². The molecule has 1 heterocycles. The van der Waals surface area contributed by atoms with Crippen LogP contribution in [0.25, 0.3) is 0 Å². The highest BCUT2D eigenvalue weighted by Gasteiger charge is 2.39. The summed E-state index contributed by atoms with van der Waals surface area (Å²) in [4.78, 5) is 89.0. The second-order valence-electron chi connectivity index (χ2n) is 11.2. The van der Waals surface area contributed by atoms with E-state index in [1.807, 2.05) is 51.2 Å². The van der Waals surface area contributed by atoms with Gasteiger partial charge in [-0.25, -0.2) is 4.79 Å². The van der Waals surface area contributed by atoms with E-state index >= 15 is 0 Å². The lowest BCUT2D eigenvalue weighted by Gasteiger charge is -2.23. The van der Waals surface area contributed by atoms with E-state index in [-0.39, 0.29) is 49.8 Å². The number of rotatable bonds is 18. The van der Waals surface area contributed by atoms with Gasteiger partial charge in [-0.05, 0) is 32.1 Å². The minimum Gasteiger partial charge on any atom is -0.450 e. The van der Waals surface area contributed by atoms with Crippen molar-refractivity contribution in [2.45, 2.75) is 98.2 Å². The number of aryl methyl sites for hydroxylation is 1. The number of ether oxygens (including phenoxy) is 3. The third-order valence-corrected chi connectivity index (χ3v) is 9.75. The number of alkyl carbamates (subject to hydrolysis) is 1. The first-order chi connectivity index (χ1) is 25.6. The normalized spacial score (nSPS) is 14.7. The molecule has 4 unspecified atom stereocenters. The van der Waals surface area contributed by atoms with Crippen LogP contribution in [0.15, 0.2) is 47.7 Å². The molecule has 0 fully saturated rings. The zero-order valence-electron chi connectivity index (χ0n) is 32.4. The zero-order valence-corrected chi connectivity index (χ0v) is 34.1. The maximum Gasteiger partial charge on any atom is 0.408 e. The van der Waals surface area contributed by atoms with Crippen molar-refractivity contribution in [2.75, 3.05) is 27.1 Å². The average Bonchev–Trinajstić information content (AvgIpc) is 3.15. The van der Waals surface area contributed by atoms with Gasteiger partial charge in [-0.1, -0.05) is 77.4 Å². The van der Waals surface area contributed by atoms with Gasteiger partial charge in [-0.3, -0.25) is 34.1 Å². The van der Waals surface area contributed by atoms with E-state index in [0.717, 1.165) is 7.11 Å². The number of amides is 3. The Hall–Kier alpha value is -3.92. The monoisotopic (exact) mass is 807 g/mol. The number of aliphatic imine (C=N–C) groups is 1. The summed E-state index contributed by atoms with van der Waals surface area (Å²) in [5.41, 5.74) is -0.586. The summed E-state index contributed by atoms with van der Waals surface area (Å²) >= 11 is 0. The van der Waals surface area contributed by atoms with Crippen LogP contribution in [0.2, 0.25) is 0 Å². The van der Waals surface area contributed by atoms with Gasteiger partial charge in [0.2, 0.25) is 32.5 Å². The summed E-state index contributed by atoms with van der Waals surface area (Å²) in [6.07, 6.45) is 5.38. The van der Waals surface area contributed by atoms with Crippen molar-refractivity contribution in [1.82, 2.24) is 21.3 Å². The molecule has 0 bridgehead atoms. The van der Waals surface area contributed by atoms with Gasteiger partial charge in [-0.2, -0.15) is 0 Å². The number of nitrogens with zero attached hydrogens (tertiary/aromatic N) is 1. The maximum atomic E-state index is 12.3. The highest BCUT2D eigenvalue weighted by atomic mass is 31.2. The SMILES string of the molecule is CC.CCC(=O)OCOC(=O)CC.COP(=O)(O)C(NC(=O)OCCCC(CC(C)C)NC(=O)CNC(=O)C1C=NC=CN1)P(O)O.Cc1ccccc1. The lowest BCUT2D eigenvalue weighted by Crippen LogP contribution is -2.48. The number of carbonyl (C=O) groups is 5. The molecule has 0 aliphatic carbocycles. The molecule has 7 N–H and O–H groups in total. The zero-order chi connectivity index (χ0) is 41.5. The van der Waals surface area contributed by atoms with Crippen LogP contribution in [-0.2, 0) is 42.5 Å². The van der Waals surface area contributed by atoms with Gasteiger partial charge in [0.05, 0.1) is 13.2 Å². The van der Waals surface area contributed by atoms with Crippen LogP contribution in [0, 0.1) is 12.8 Å². The summed E-state index contributed by atoms with van der Waals surface area (Å²) in [6.45, 7) is 12.8. The molecule has 1 aromatic rings. The third kappa shape index (κ3) is 26.8. The van der Waals surface area contributed by atoms with Crippen molar-refractivity contribution >= 4 is 52.0 Å². The lowest BCUT2D eigenvalue weighted by atomic mass is 10.00. The van der Waals surface area contributed by atoms with Crippen LogP contribution >= 0.6 is 16.0 Å². The van der Waals surface area contributed by atoms with E-state index in [1.54, 1.807) is 13.8 Å². The summed E-state index contributed by atoms with van der Waals surface area (Å²) < 4.78 is 30.0. The molecule has 1 aliphatic heterocycles. The number of hydrogen-bond donors (Lipinski definition) is 7. The quantitative estimate of drug-likeness (QED) is 0.0480. The Balaban J connectivity index is 0. The Morgan fingerprint density at radius 3 is 2.02 bits per heavy atom.